The van der Waals surface area contributed by atoms with Crippen molar-refractivity contribution in [3.8, 4) is 0 Å². The van der Waals surface area contributed by atoms with Crippen LogP contribution in [0.15, 0.2) is 0 Å². The Morgan fingerprint density at radius 2 is 0.950 bits per heavy atom. The third-order valence-corrected chi connectivity index (χ3v) is 7.39. The van der Waals surface area contributed by atoms with Gasteiger partial charge in [-0.15, -0.1) is 0 Å². The van der Waals surface area contributed by atoms with Crippen LogP contribution in [0, 0.1) is 59.2 Å². The van der Waals surface area contributed by atoms with E-state index in [1.165, 1.54) is 13.8 Å². The van der Waals surface area contributed by atoms with Crippen LogP contribution >= 0.6 is 0 Å². The van der Waals surface area contributed by atoms with E-state index < -0.39 is 0 Å². The summed E-state index contributed by atoms with van der Waals surface area (Å²) in [5, 5.41) is 0. The third kappa shape index (κ3) is 1.02. The van der Waals surface area contributed by atoms with Crippen LogP contribution < -0.4 is 0 Å². The van der Waals surface area contributed by atoms with E-state index in [1.54, 1.807) is 0 Å². The monoisotopic (exact) mass is 276 g/mol. The van der Waals surface area contributed by atoms with E-state index in [-0.39, 0.29) is 11.9 Å². The normalized spacial score (nSPS) is 58.3. The number of rotatable bonds is 4. The molecule has 108 valence electrons. The van der Waals surface area contributed by atoms with Crippen molar-refractivity contribution in [1.29, 1.82) is 0 Å². The molecule has 10 atom stereocenters. The minimum Gasteiger partial charge on any atom is -0.466 e. The largest absolute Gasteiger partial charge is 0.466 e. The second-order valence-corrected chi connectivity index (χ2v) is 7.55. The summed E-state index contributed by atoms with van der Waals surface area (Å²) in [4.78, 5) is 22.3. The van der Waals surface area contributed by atoms with Crippen LogP contribution in [0.4, 0.5) is 0 Å². The molecule has 0 aromatic rings. The van der Waals surface area contributed by atoms with Gasteiger partial charge in [-0.3, -0.25) is 9.59 Å². The molecule has 0 aliphatic heterocycles. The van der Waals surface area contributed by atoms with Crippen LogP contribution in [0.25, 0.3) is 0 Å². The number of carbonyl (C=O) groups excluding carboxylic acids is 2. The number of fused-ring (bicyclic) bond motifs is 1. The number of hydrogen-bond acceptors (Lipinski definition) is 4. The summed E-state index contributed by atoms with van der Waals surface area (Å²) >= 11 is 0. The van der Waals surface area contributed by atoms with Gasteiger partial charge in [0.25, 0.3) is 0 Å². The molecule has 6 saturated carbocycles. The first kappa shape index (κ1) is 11.6. The van der Waals surface area contributed by atoms with E-state index >= 15 is 0 Å². The highest BCUT2D eigenvalue weighted by Gasteiger charge is 2.90. The molecule has 4 nitrogen and oxygen atoms in total. The van der Waals surface area contributed by atoms with Crippen molar-refractivity contribution in [3.05, 3.63) is 0 Å². The molecule has 6 rings (SSSR count). The Labute approximate surface area is 118 Å². The van der Waals surface area contributed by atoms with Crippen LogP contribution in [0.1, 0.15) is 13.8 Å². The minimum atomic E-state index is -0.192. The van der Waals surface area contributed by atoms with Crippen molar-refractivity contribution in [2.24, 2.45) is 59.2 Å². The maximum Gasteiger partial charge on any atom is 0.302 e. The molecule has 2 bridgehead atoms. The summed E-state index contributed by atoms with van der Waals surface area (Å²) in [5.41, 5.74) is 0. The Morgan fingerprint density at radius 1 is 0.650 bits per heavy atom. The van der Waals surface area contributed by atoms with Crippen LogP contribution in [0.3, 0.4) is 0 Å². The van der Waals surface area contributed by atoms with E-state index in [2.05, 4.69) is 0 Å². The first-order valence-electron chi connectivity index (χ1n) is 7.88. The third-order valence-electron chi connectivity index (χ3n) is 7.39. The highest BCUT2D eigenvalue weighted by atomic mass is 16.5. The SMILES string of the molecule is CC(=O)OC[C@@H]1C2[C@H]3C4C5[C@@H]3C([C@H]5[C@H]42)[C@@H]1COC(C)=O. The van der Waals surface area contributed by atoms with Gasteiger partial charge in [-0.05, 0) is 47.3 Å². The standard InChI is InChI=1S/C16H20O4/c1-5(17)19-3-7-8(4-20-6(2)18)10-13-11-9(7)12-14(10)16(13)15(11)12/h7-16H,3-4H2,1-2H3/t7-,8+,9?,10?,11-,12+,13-,14-,15?,16?/m1/s1. The van der Waals surface area contributed by atoms with Crippen molar-refractivity contribution >= 4 is 11.9 Å². The van der Waals surface area contributed by atoms with Gasteiger partial charge in [-0.25, -0.2) is 0 Å². The number of carbonyl (C=O) groups is 2. The maximum atomic E-state index is 11.1. The smallest absolute Gasteiger partial charge is 0.302 e. The predicted molar refractivity (Wildman–Crippen MR) is 68.2 cm³/mol. The number of hydrogen-bond donors (Lipinski definition) is 0. The topological polar surface area (TPSA) is 52.6 Å². The Balaban J connectivity index is 1.37. The second-order valence-electron chi connectivity index (χ2n) is 7.55. The molecule has 4 heteroatoms. The highest BCUT2D eigenvalue weighted by Crippen LogP contribution is 2.93. The molecule has 0 aromatic carbocycles. The summed E-state index contributed by atoms with van der Waals surface area (Å²) in [7, 11) is 0. The molecule has 0 aromatic heterocycles. The van der Waals surface area contributed by atoms with Gasteiger partial charge in [-0.1, -0.05) is 0 Å². The van der Waals surface area contributed by atoms with Crippen molar-refractivity contribution in [3.63, 3.8) is 0 Å². The van der Waals surface area contributed by atoms with Crippen LogP contribution in [-0.4, -0.2) is 25.2 Å². The molecular formula is C16H20O4. The average Bonchev–Trinajstić information content (AvgIpc) is 2.35. The van der Waals surface area contributed by atoms with Gasteiger partial charge in [0, 0.05) is 25.7 Å². The lowest BCUT2D eigenvalue weighted by molar-refractivity contribution is -0.488. The summed E-state index contributed by atoms with van der Waals surface area (Å²) in [6.45, 7) is 4.02. The summed E-state index contributed by atoms with van der Waals surface area (Å²) in [5.74, 6) is 7.75. The van der Waals surface area contributed by atoms with Crippen LogP contribution in [0.2, 0.25) is 0 Å². The van der Waals surface area contributed by atoms with E-state index in [0.29, 0.717) is 25.0 Å². The fourth-order valence-corrected chi connectivity index (χ4v) is 7.16. The number of ether oxygens (including phenoxy) is 2. The summed E-state index contributed by atoms with van der Waals surface area (Å²) < 4.78 is 10.6. The summed E-state index contributed by atoms with van der Waals surface area (Å²) in [6, 6.07) is 0. The molecule has 20 heavy (non-hydrogen) atoms. The predicted octanol–water partition coefficient (Wildman–Crippen LogP) is 1.34. The molecule has 6 aliphatic carbocycles. The Hall–Kier alpha value is -1.06. The fraction of sp³-hybridized carbons (Fsp3) is 0.875. The van der Waals surface area contributed by atoms with Gasteiger partial charge in [0.1, 0.15) is 0 Å². The van der Waals surface area contributed by atoms with E-state index in [4.69, 9.17) is 9.47 Å². The number of esters is 2. The van der Waals surface area contributed by atoms with Crippen molar-refractivity contribution in [1.82, 2.24) is 0 Å². The zero-order valence-electron chi connectivity index (χ0n) is 11.8. The minimum absolute atomic E-state index is 0.192. The Kier molecular flexibility index (Phi) is 1.97. The van der Waals surface area contributed by atoms with Gasteiger partial charge in [0.15, 0.2) is 0 Å². The van der Waals surface area contributed by atoms with E-state index in [9.17, 15) is 9.59 Å². The van der Waals surface area contributed by atoms with Gasteiger partial charge >= 0.3 is 11.9 Å². The quantitative estimate of drug-likeness (QED) is 0.727. The lowest BCUT2D eigenvalue weighted by Crippen LogP contribution is -2.92. The fourth-order valence-electron chi connectivity index (χ4n) is 7.16. The molecule has 0 spiro atoms. The van der Waals surface area contributed by atoms with Crippen LogP contribution in [0.5, 0.6) is 0 Å². The Bertz CT molecular complexity index is 449. The van der Waals surface area contributed by atoms with Crippen LogP contribution in [-0.2, 0) is 19.1 Å². The zero-order chi connectivity index (χ0) is 13.8. The van der Waals surface area contributed by atoms with Gasteiger partial charge in [-0.2, -0.15) is 0 Å². The van der Waals surface area contributed by atoms with Crippen molar-refractivity contribution in [2.45, 2.75) is 13.8 Å². The van der Waals surface area contributed by atoms with Crippen molar-refractivity contribution in [2.75, 3.05) is 13.2 Å². The molecular weight excluding hydrogens is 256 g/mol. The Morgan fingerprint density at radius 3 is 1.25 bits per heavy atom. The maximum absolute atomic E-state index is 11.1. The molecule has 0 saturated heterocycles. The van der Waals surface area contributed by atoms with E-state index in [0.717, 1.165) is 47.3 Å². The zero-order valence-corrected chi connectivity index (χ0v) is 11.8. The molecule has 0 N–H and O–H groups in total. The van der Waals surface area contributed by atoms with Gasteiger partial charge < -0.3 is 9.47 Å². The molecule has 0 radical (unpaired) electrons. The second kappa shape index (κ2) is 3.40. The molecule has 6 fully saturated rings. The van der Waals surface area contributed by atoms with Crippen molar-refractivity contribution < 1.29 is 19.1 Å². The molecule has 4 unspecified atom stereocenters. The molecule has 0 amide bonds. The first-order chi connectivity index (χ1) is 9.61. The molecule has 6 aliphatic rings. The lowest BCUT2D eigenvalue weighted by atomic mass is 9.09. The lowest BCUT2D eigenvalue weighted by Gasteiger charge is -2.95. The highest BCUT2D eigenvalue weighted by molar-refractivity contribution is 5.66. The molecule has 0 heterocycles. The average molecular weight is 276 g/mol. The summed E-state index contributed by atoms with van der Waals surface area (Å²) in [6.07, 6.45) is 0. The first-order valence-corrected chi connectivity index (χ1v) is 7.88. The van der Waals surface area contributed by atoms with E-state index in [1.807, 2.05) is 0 Å². The van der Waals surface area contributed by atoms with Gasteiger partial charge in [0.05, 0.1) is 13.2 Å². The van der Waals surface area contributed by atoms with Gasteiger partial charge in [0.2, 0.25) is 0 Å².